The molecule has 2 heterocycles. The van der Waals surface area contributed by atoms with Gasteiger partial charge in [-0.05, 0) is 29.8 Å². The van der Waals surface area contributed by atoms with E-state index in [2.05, 4.69) is 0 Å². The summed E-state index contributed by atoms with van der Waals surface area (Å²) in [4.78, 5) is 12.1. The Bertz CT molecular complexity index is 957. The van der Waals surface area contributed by atoms with E-state index in [0.717, 1.165) is 0 Å². The maximum absolute atomic E-state index is 12.1. The lowest BCUT2D eigenvalue weighted by atomic mass is 10.1. The minimum atomic E-state index is -0.545. The van der Waals surface area contributed by atoms with Crippen LogP contribution in [0.4, 0.5) is 0 Å². The molecule has 6 nitrogen and oxygen atoms in total. The third-order valence-corrected chi connectivity index (χ3v) is 3.51. The van der Waals surface area contributed by atoms with Gasteiger partial charge in [0.25, 0.3) is 0 Å². The Hall–Kier alpha value is -3.15. The second kappa shape index (κ2) is 4.42. The molecular weight excluding hydrogens is 288 g/mol. The fourth-order valence-electron chi connectivity index (χ4n) is 2.41. The number of rotatable bonds is 1. The number of phenolic OH excluding ortho intramolecular Hbond substituents is 2. The van der Waals surface area contributed by atoms with Crippen LogP contribution in [0.1, 0.15) is 0 Å². The van der Waals surface area contributed by atoms with Crippen molar-refractivity contribution in [2.45, 2.75) is 0 Å². The lowest BCUT2D eigenvalue weighted by Gasteiger charge is -2.05. The van der Waals surface area contributed by atoms with Gasteiger partial charge in [0, 0.05) is 11.5 Å². The number of phenols is 2. The van der Waals surface area contributed by atoms with E-state index < -0.39 is 5.63 Å². The maximum atomic E-state index is 12.1. The van der Waals surface area contributed by atoms with Gasteiger partial charge in [0.15, 0.2) is 23.0 Å². The molecule has 6 heteroatoms. The van der Waals surface area contributed by atoms with Gasteiger partial charge in [-0.3, -0.25) is 0 Å². The Labute approximate surface area is 123 Å². The van der Waals surface area contributed by atoms with Crippen molar-refractivity contribution >= 4 is 11.0 Å². The number of aromatic hydroxyl groups is 2. The topological polar surface area (TPSA) is 89.1 Å². The number of fused-ring (bicyclic) bond motifs is 2. The van der Waals surface area contributed by atoms with Crippen LogP contribution in [-0.4, -0.2) is 17.0 Å². The standard InChI is InChI=1S/C16H10O6/c17-11-4-9-3-10(16(19)22-14(9)6-12(11)18)8-1-2-13-15(5-8)21-7-20-13/h1-6,17-18H,7H2. The van der Waals surface area contributed by atoms with Crippen molar-refractivity contribution in [2.75, 3.05) is 6.79 Å². The first-order chi connectivity index (χ1) is 10.6. The van der Waals surface area contributed by atoms with Gasteiger partial charge in [0.1, 0.15) is 5.58 Å². The van der Waals surface area contributed by atoms with E-state index in [0.29, 0.717) is 28.0 Å². The summed E-state index contributed by atoms with van der Waals surface area (Å²) in [5, 5.41) is 19.5. The van der Waals surface area contributed by atoms with Crippen LogP contribution in [0.5, 0.6) is 23.0 Å². The van der Waals surface area contributed by atoms with Crippen molar-refractivity contribution in [3.8, 4) is 34.1 Å². The quantitative estimate of drug-likeness (QED) is 0.530. The minimum Gasteiger partial charge on any atom is -0.504 e. The molecule has 22 heavy (non-hydrogen) atoms. The highest BCUT2D eigenvalue weighted by molar-refractivity contribution is 5.84. The van der Waals surface area contributed by atoms with Gasteiger partial charge >= 0.3 is 5.63 Å². The maximum Gasteiger partial charge on any atom is 0.344 e. The number of ether oxygens (including phenoxy) is 2. The summed E-state index contributed by atoms with van der Waals surface area (Å²) < 4.78 is 15.7. The van der Waals surface area contributed by atoms with E-state index in [9.17, 15) is 15.0 Å². The molecule has 0 atom stereocenters. The van der Waals surface area contributed by atoms with Crippen LogP contribution in [0.15, 0.2) is 45.6 Å². The molecule has 0 bridgehead atoms. The molecule has 4 rings (SSSR count). The van der Waals surface area contributed by atoms with Crippen LogP contribution in [-0.2, 0) is 0 Å². The van der Waals surface area contributed by atoms with Crippen LogP contribution >= 0.6 is 0 Å². The Balaban J connectivity index is 1.93. The number of hydrogen-bond donors (Lipinski definition) is 2. The van der Waals surface area contributed by atoms with Gasteiger partial charge in [-0.1, -0.05) is 6.07 Å². The van der Waals surface area contributed by atoms with E-state index in [1.807, 2.05) is 0 Å². The SMILES string of the molecule is O=c1oc2cc(O)c(O)cc2cc1-c1ccc2c(c1)OCO2. The average molecular weight is 298 g/mol. The molecule has 1 aliphatic heterocycles. The van der Waals surface area contributed by atoms with E-state index in [4.69, 9.17) is 13.9 Å². The predicted octanol–water partition coefficient (Wildman–Crippen LogP) is 2.60. The molecular formula is C16H10O6. The summed E-state index contributed by atoms with van der Waals surface area (Å²) in [5.74, 6) is 0.562. The summed E-state index contributed by atoms with van der Waals surface area (Å²) in [6.07, 6.45) is 0. The molecule has 0 saturated heterocycles. The van der Waals surface area contributed by atoms with Gasteiger partial charge in [-0.2, -0.15) is 0 Å². The van der Waals surface area contributed by atoms with Crippen molar-refractivity contribution in [2.24, 2.45) is 0 Å². The highest BCUT2D eigenvalue weighted by Crippen LogP contribution is 2.36. The van der Waals surface area contributed by atoms with E-state index in [1.165, 1.54) is 12.1 Å². The predicted molar refractivity (Wildman–Crippen MR) is 77.4 cm³/mol. The van der Waals surface area contributed by atoms with Crippen molar-refractivity contribution in [3.05, 3.63) is 46.8 Å². The fourth-order valence-corrected chi connectivity index (χ4v) is 2.41. The van der Waals surface area contributed by atoms with Gasteiger partial charge in [-0.15, -0.1) is 0 Å². The third-order valence-electron chi connectivity index (χ3n) is 3.51. The highest BCUT2D eigenvalue weighted by Gasteiger charge is 2.16. The zero-order valence-corrected chi connectivity index (χ0v) is 11.2. The Kier molecular flexibility index (Phi) is 2.53. The summed E-state index contributed by atoms with van der Waals surface area (Å²) in [6, 6.07) is 9.28. The van der Waals surface area contributed by atoms with Crippen LogP contribution in [0.3, 0.4) is 0 Å². The second-order valence-electron chi connectivity index (χ2n) is 4.89. The summed E-state index contributed by atoms with van der Waals surface area (Å²) in [7, 11) is 0. The normalized spacial score (nSPS) is 12.7. The Morgan fingerprint density at radius 1 is 0.909 bits per heavy atom. The van der Waals surface area contributed by atoms with Crippen LogP contribution in [0.2, 0.25) is 0 Å². The second-order valence-corrected chi connectivity index (χ2v) is 4.89. The van der Waals surface area contributed by atoms with Crippen molar-refractivity contribution in [1.29, 1.82) is 0 Å². The number of benzene rings is 2. The summed E-state index contributed by atoms with van der Waals surface area (Å²) in [5.41, 5.74) is 0.601. The molecule has 110 valence electrons. The molecule has 2 aromatic carbocycles. The van der Waals surface area contributed by atoms with Gasteiger partial charge in [-0.25, -0.2) is 4.79 Å². The minimum absolute atomic E-state index is 0.151. The zero-order valence-electron chi connectivity index (χ0n) is 11.2. The van der Waals surface area contributed by atoms with Gasteiger partial charge < -0.3 is 24.1 Å². The first-order valence-electron chi connectivity index (χ1n) is 6.52. The monoisotopic (exact) mass is 298 g/mol. The Morgan fingerprint density at radius 2 is 1.68 bits per heavy atom. The molecule has 0 amide bonds. The van der Waals surface area contributed by atoms with Crippen LogP contribution in [0.25, 0.3) is 22.1 Å². The van der Waals surface area contributed by atoms with Gasteiger partial charge in [0.2, 0.25) is 6.79 Å². The molecule has 1 aromatic heterocycles. The molecule has 0 unspecified atom stereocenters. The van der Waals surface area contributed by atoms with E-state index in [-0.39, 0.29) is 23.9 Å². The first kappa shape index (κ1) is 12.6. The first-order valence-corrected chi connectivity index (χ1v) is 6.52. The fraction of sp³-hybridized carbons (Fsp3) is 0.0625. The lowest BCUT2D eigenvalue weighted by Crippen LogP contribution is -2.02. The van der Waals surface area contributed by atoms with Crippen LogP contribution in [0, 0.1) is 0 Å². The van der Waals surface area contributed by atoms with E-state index >= 15 is 0 Å². The smallest absolute Gasteiger partial charge is 0.344 e. The number of hydrogen-bond acceptors (Lipinski definition) is 6. The lowest BCUT2D eigenvalue weighted by molar-refractivity contribution is 0.174. The summed E-state index contributed by atoms with van der Waals surface area (Å²) in [6.45, 7) is 0.151. The zero-order chi connectivity index (χ0) is 15.3. The van der Waals surface area contributed by atoms with Crippen molar-refractivity contribution in [1.82, 2.24) is 0 Å². The molecule has 0 saturated carbocycles. The van der Waals surface area contributed by atoms with Gasteiger partial charge in [0.05, 0.1) is 5.56 Å². The molecule has 0 radical (unpaired) electrons. The molecule has 2 N–H and O–H groups in total. The molecule has 0 aliphatic carbocycles. The molecule has 0 fully saturated rings. The molecule has 0 spiro atoms. The molecule has 1 aliphatic rings. The summed E-state index contributed by atoms with van der Waals surface area (Å²) >= 11 is 0. The average Bonchev–Trinajstić information content (AvgIpc) is 2.96. The van der Waals surface area contributed by atoms with E-state index in [1.54, 1.807) is 24.3 Å². The third kappa shape index (κ3) is 1.85. The Morgan fingerprint density at radius 3 is 2.55 bits per heavy atom. The largest absolute Gasteiger partial charge is 0.504 e. The molecule has 3 aromatic rings. The van der Waals surface area contributed by atoms with Crippen LogP contribution < -0.4 is 15.1 Å². The van der Waals surface area contributed by atoms with Crippen molar-refractivity contribution in [3.63, 3.8) is 0 Å². The highest BCUT2D eigenvalue weighted by atomic mass is 16.7. The van der Waals surface area contributed by atoms with Crippen molar-refractivity contribution < 1.29 is 24.1 Å².